The van der Waals surface area contributed by atoms with Crippen molar-refractivity contribution in [2.75, 3.05) is 13.1 Å². The molecule has 7 heteroatoms. The molecule has 162 valence electrons. The van der Waals surface area contributed by atoms with Crippen molar-refractivity contribution in [3.05, 3.63) is 83.3 Å². The Morgan fingerprint density at radius 2 is 1.72 bits per heavy atom. The molecule has 0 radical (unpaired) electrons. The average molecular weight is 452 g/mol. The van der Waals surface area contributed by atoms with Gasteiger partial charge in [0, 0.05) is 17.5 Å². The van der Waals surface area contributed by atoms with Crippen molar-refractivity contribution in [3.63, 3.8) is 0 Å². The summed E-state index contributed by atoms with van der Waals surface area (Å²) in [4.78, 5) is 11.9. The second-order valence-corrected chi connectivity index (χ2v) is 9.78. The summed E-state index contributed by atoms with van der Waals surface area (Å²) in [6, 6.07) is 19.3. The number of alkyl halides is 2. The smallest absolute Gasteiger partial charge is 0.272 e. The van der Waals surface area contributed by atoms with E-state index in [9.17, 15) is 13.2 Å². The molecule has 32 heavy (non-hydrogen) atoms. The number of nitrogens with zero attached hydrogens (tertiary/aromatic N) is 3. The van der Waals surface area contributed by atoms with Crippen LogP contribution in [0.25, 0.3) is 20.9 Å². The fourth-order valence-corrected chi connectivity index (χ4v) is 5.55. The van der Waals surface area contributed by atoms with Gasteiger partial charge in [-0.3, -0.25) is 4.90 Å². The first-order valence-corrected chi connectivity index (χ1v) is 11.5. The summed E-state index contributed by atoms with van der Waals surface area (Å²) in [6.07, 6.45) is 2.14. The highest BCUT2D eigenvalue weighted by atomic mass is 32.1. The van der Waals surface area contributed by atoms with E-state index in [0.717, 1.165) is 28.9 Å². The van der Waals surface area contributed by atoms with Gasteiger partial charge in [-0.1, -0.05) is 47.7 Å². The van der Waals surface area contributed by atoms with Gasteiger partial charge >= 0.3 is 0 Å². The Bertz CT molecular complexity index is 1310. The predicted octanol–water partition coefficient (Wildman–Crippen LogP) is 6.03. The molecule has 0 spiro atoms. The molecule has 0 bridgehead atoms. The molecule has 0 N–H and O–H groups in total. The zero-order valence-electron chi connectivity index (χ0n) is 17.2. The molecular weight excluding hydrogens is 431 g/mol. The number of halogens is 3. The number of rotatable bonds is 5. The highest BCUT2D eigenvalue weighted by Crippen LogP contribution is 2.53. The Balaban J connectivity index is 1.28. The van der Waals surface area contributed by atoms with Crippen molar-refractivity contribution in [3.8, 4) is 10.6 Å². The van der Waals surface area contributed by atoms with Gasteiger partial charge in [-0.05, 0) is 48.2 Å². The fraction of sp³-hybridized carbons (Fsp3) is 0.280. The van der Waals surface area contributed by atoms with Gasteiger partial charge in [0.1, 0.15) is 21.2 Å². The predicted molar refractivity (Wildman–Crippen MR) is 119 cm³/mol. The SMILES string of the molecule is Fc1cc(CN2CC(F)(F)C2)ccc1-c1nc2ccc(C3(c4ccccc4)CC3)nc2s1. The lowest BCUT2D eigenvalue weighted by molar-refractivity contribution is -0.133. The van der Waals surface area contributed by atoms with E-state index in [4.69, 9.17) is 4.98 Å². The van der Waals surface area contributed by atoms with Crippen molar-refractivity contribution in [1.82, 2.24) is 14.9 Å². The average Bonchev–Trinajstić information content (AvgIpc) is 3.46. The highest BCUT2D eigenvalue weighted by molar-refractivity contribution is 7.21. The first kappa shape index (κ1) is 19.9. The molecule has 6 rings (SSSR count). The molecule has 2 aliphatic rings. The van der Waals surface area contributed by atoms with E-state index in [-0.39, 0.29) is 18.5 Å². The van der Waals surface area contributed by atoms with Crippen LogP contribution in [0, 0.1) is 5.82 Å². The van der Waals surface area contributed by atoms with Gasteiger partial charge < -0.3 is 0 Å². The van der Waals surface area contributed by atoms with Crippen molar-refractivity contribution in [1.29, 1.82) is 0 Å². The molecule has 2 aromatic heterocycles. The third kappa shape index (κ3) is 3.40. The summed E-state index contributed by atoms with van der Waals surface area (Å²) in [5.41, 5.74) is 4.13. The third-order valence-electron chi connectivity index (χ3n) is 6.40. The lowest BCUT2D eigenvalue weighted by atomic mass is 9.92. The Labute approximate surface area is 187 Å². The molecule has 1 saturated heterocycles. The van der Waals surface area contributed by atoms with Crippen LogP contribution in [0.5, 0.6) is 0 Å². The Hall–Kier alpha value is -2.77. The minimum atomic E-state index is -2.62. The minimum absolute atomic E-state index is 0.0276. The number of hydrogen-bond donors (Lipinski definition) is 0. The van der Waals surface area contributed by atoms with E-state index in [1.165, 1.54) is 23.0 Å². The lowest BCUT2D eigenvalue weighted by Gasteiger charge is -2.38. The summed E-state index contributed by atoms with van der Waals surface area (Å²) in [6.45, 7) is -0.224. The zero-order chi connectivity index (χ0) is 21.9. The van der Waals surface area contributed by atoms with Gasteiger partial charge in [-0.25, -0.2) is 23.1 Å². The van der Waals surface area contributed by atoms with Gasteiger partial charge in [-0.2, -0.15) is 0 Å². The molecule has 1 saturated carbocycles. The Morgan fingerprint density at radius 1 is 0.938 bits per heavy atom. The van der Waals surface area contributed by atoms with Crippen molar-refractivity contribution in [2.45, 2.75) is 30.7 Å². The van der Waals surface area contributed by atoms with Gasteiger partial charge in [0.2, 0.25) is 0 Å². The molecule has 3 heterocycles. The van der Waals surface area contributed by atoms with Crippen LogP contribution in [0.15, 0.2) is 60.7 Å². The Morgan fingerprint density at radius 3 is 2.41 bits per heavy atom. The van der Waals surface area contributed by atoms with Crippen molar-refractivity contribution < 1.29 is 13.2 Å². The first-order valence-electron chi connectivity index (χ1n) is 10.6. The van der Waals surface area contributed by atoms with E-state index < -0.39 is 11.7 Å². The van der Waals surface area contributed by atoms with Crippen LogP contribution in [0.3, 0.4) is 0 Å². The Kier molecular flexibility index (Phi) is 4.42. The summed E-state index contributed by atoms with van der Waals surface area (Å²) >= 11 is 1.38. The third-order valence-corrected chi connectivity index (χ3v) is 7.40. The molecular formula is C25H20F3N3S. The normalized spacial score (nSPS) is 19.1. The van der Waals surface area contributed by atoms with Crippen molar-refractivity contribution >= 4 is 21.7 Å². The molecule has 0 unspecified atom stereocenters. The number of hydrogen-bond acceptors (Lipinski definition) is 4. The zero-order valence-corrected chi connectivity index (χ0v) is 18.0. The minimum Gasteiger partial charge on any atom is -0.287 e. The van der Waals surface area contributed by atoms with Gasteiger partial charge in [-0.15, -0.1) is 0 Å². The van der Waals surface area contributed by atoms with Crippen LogP contribution in [0.4, 0.5) is 13.2 Å². The largest absolute Gasteiger partial charge is 0.287 e. The monoisotopic (exact) mass is 451 g/mol. The number of thiazole rings is 1. The molecule has 2 aromatic carbocycles. The number of likely N-dealkylation sites (tertiary alicyclic amines) is 1. The molecule has 4 aromatic rings. The second kappa shape index (κ2) is 7.12. The molecule has 1 aliphatic heterocycles. The van der Waals surface area contributed by atoms with Crippen LogP contribution < -0.4 is 0 Å². The number of fused-ring (bicyclic) bond motifs is 1. The van der Waals surface area contributed by atoms with Crippen molar-refractivity contribution in [2.24, 2.45) is 0 Å². The fourth-order valence-electron chi connectivity index (χ4n) is 4.58. The van der Waals surface area contributed by atoms with E-state index in [2.05, 4.69) is 29.2 Å². The summed E-state index contributed by atoms with van der Waals surface area (Å²) in [5.74, 6) is -3.01. The van der Waals surface area contributed by atoms with Crippen LogP contribution in [-0.2, 0) is 12.0 Å². The van der Waals surface area contributed by atoms with E-state index in [0.29, 0.717) is 22.7 Å². The summed E-state index contributed by atoms with van der Waals surface area (Å²) < 4.78 is 40.9. The molecule has 0 amide bonds. The maximum Gasteiger partial charge on any atom is 0.272 e. The second-order valence-electron chi connectivity index (χ2n) is 8.80. The van der Waals surface area contributed by atoms with Crippen LogP contribution in [-0.4, -0.2) is 33.9 Å². The van der Waals surface area contributed by atoms with Crippen LogP contribution >= 0.6 is 11.3 Å². The van der Waals surface area contributed by atoms with Crippen LogP contribution in [0.1, 0.15) is 29.7 Å². The van der Waals surface area contributed by atoms with E-state index >= 15 is 0 Å². The maximum absolute atomic E-state index is 14.9. The highest BCUT2D eigenvalue weighted by Gasteiger charge is 2.47. The molecule has 2 fully saturated rings. The van der Waals surface area contributed by atoms with Gasteiger partial charge in [0.25, 0.3) is 5.92 Å². The number of aromatic nitrogens is 2. The summed E-state index contributed by atoms with van der Waals surface area (Å²) in [5, 5.41) is 0.578. The van der Waals surface area contributed by atoms with Crippen LogP contribution in [0.2, 0.25) is 0 Å². The molecule has 1 aliphatic carbocycles. The first-order chi connectivity index (χ1) is 15.4. The number of pyridine rings is 1. The maximum atomic E-state index is 14.9. The quantitative estimate of drug-likeness (QED) is 0.371. The topological polar surface area (TPSA) is 29.0 Å². The van der Waals surface area contributed by atoms with Gasteiger partial charge in [0.05, 0.1) is 18.8 Å². The van der Waals surface area contributed by atoms with E-state index in [1.54, 1.807) is 17.0 Å². The van der Waals surface area contributed by atoms with E-state index in [1.807, 2.05) is 18.2 Å². The lowest BCUT2D eigenvalue weighted by Crippen LogP contribution is -2.55. The summed E-state index contributed by atoms with van der Waals surface area (Å²) in [7, 11) is 0. The number of benzene rings is 2. The molecule has 0 atom stereocenters. The van der Waals surface area contributed by atoms with Gasteiger partial charge in [0.15, 0.2) is 0 Å². The molecule has 3 nitrogen and oxygen atoms in total. The standard InChI is InChI=1S/C25H20F3N3S/c26-19-12-16(13-31-14-25(27,28)15-31)6-7-18(19)22-29-20-8-9-21(30-23(20)32-22)24(10-11-24)17-4-2-1-3-5-17/h1-9,12H,10-11,13-15H2.